The average molecular weight is 229 g/mol. The summed E-state index contributed by atoms with van der Waals surface area (Å²) in [5, 5.41) is 10.2. The van der Waals surface area contributed by atoms with Crippen LogP contribution < -0.4 is 4.74 Å². The van der Waals surface area contributed by atoms with Gasteiger partial charge in [0.2, 0.25) is 0 Å². The van der Waals surface area contributed by atoms with Gasteiger partial charge in [-0.05, 0) is 23.3 Å². The summed E-state index contributed by atoms with van der Waals surface area (Å²) < 4.78 is 13.1. The van der Waals surface area contributed by atoms with Gasteiger partial charge in [0, 0.05) is 6.42 Å². The van der Waals surface area contributed by atoms with E-state index in [4.69, 9.17) is 6.11 Å². The zero-order chi connectivity index (χ0) is 13.0. The van der Waals surface area contributed by atoms with Crippen molar-refractivity contribution in [3.63, 3.8) is 0 Å². The molecule has 0 spiro atoms. The van der Waals surface area contributed by atoms with Gasteiger partial charge in [-0.2, -0.15) is 0 Å². The molecule has 2 heteroatoms. The molecule has 1 unspecified atom stereocenters. The Balaban J connectivity index is 2.19. The fourth-order valence-corrected chi connectivity index (χ4v) is 1.67. The minimum absolute atomic E-state index is 0.264. The van der Waals surface area contributed by atoms with E-state index < -0.39 is 6.08 Å². The Kier molecular flexibility index (Phi) is 3.35. The van der Waals surface area contributed by atoms with Gasteiger partial charge in [0.1, 0.15) is 5.75 Å². The number of ether oxygens (including phenoxy) is 1. The van der Waals surface area contributed by atoms with Crippen LogP contribution in [0.3, 0.4) is 0 Å². The van der Waals surface area contributed by atoms with Gasteiger partial charge in [-0.15, -0.1) is 0 Å². The third-order valence-corrected chi connectivity index (χ3v) is 2.64. The lowest BCUT2D eigenvalue weighted by atomic mass is 10.0. The first-order chi connectivity index (χ1) is 8.62. The number of methoxy groups -OCH3 is 1. The highest BCUT2D eigenvalue weighted by Crippen LogP contribution is 2.20. The minimum atomic E-state index is -1.62. The molecule has 0 bridgehead atoms. The largest absolute Gasteiger partial charge is 0.497 e. The zero-order valence-corrected chi connectivity index (χ0v) is 9.76. The van der Waals surface area contributed by atoms with Gasteiger partial charge in [0.15, 0.2) is 0 Å². The number of rotatable bonds is 4. The van der Waals surface area contributed by atoms with Gasteiger partial charge in [0.25, 0.3) is 0 Å². The van der Waals surface area contributed by atoms with Crippen LogP contribution in [0.1, 0.15) is 18.6 Å². The fraction of sp³-hybridized carbons (Fsp3) is 0.200. The van der Waals surface area contributed by atoms with Crippen LogP contribution in [-0.2, 0) is 6.42 Å². The van der Waals surface area contributed by atoms with Crippen LogP contribution in [0, 0.1) is 0 Å². The van der Waals surface area contributed by atoms with Crippen molar-refractivity contribution in [1.29, 1.82) is 0 Å². The maximum atomic E-state index is 10.2. The Bertz CT molecular complexity index is 492. The summed E-state index contributed by atoms with van der Waals surface area (Å²) in [4.78, 5) is 0. The van der Waals surface area contributed by atoms with Crippen molar-refractivity contribution in [2.45, 2.75) is 12.5 Å². The molecule has 0 amide bonds. The molecule has 2 aromatic rings. The van der Waals surface area contributed by atoms with Crippen LogP contribution in [-0.4, -0.2) is 12.2 Å². The molecular formula is C15H16O2. The zero-order valence-electron chi connectivity index (χ0n) is 10.8. The number of hydrogen-bond acceptors (Lipinski definition) is 2. The van der Waals surface area contributed by atoms with Gasteiger partial charge in [0.05, 0.1) is 14.6 Å². The molecule has 0 aliphatic carbocycles. The smallest absolute Gasteiger partial charge is 0.118 e. The van der Waals surface area contributed by atoms with E-state index in [0.717, 1.165) is 5.56 Å². The highest BCUT2D eigenvalue weighted by atomic mass is 16.5. The molecule has 0 aliphatic heterocycles. The molecular weight excluding hydrogens is 212 g/mol. The monoisotopic (exact) mass is 229 g/mol. The first-order valence-corrected chi connectivity index (χ1v) is 5.53. The number of aliphatic hydroxyl groups is 1. The van der Waals surface area contributed by atoms with Crippen molar-refractivity contribution in [3.05, 3.63) is 65.7 Å². The Morgan fingerprint density at radius 2 is 1.76 bits per heavy atom. The van der Waals surface area contributed by atoms with E-state index in [2.05, 4.69) is 0 Å². The number of hydrogen-bond donors (Lipinski definition) is 1. The quantitative estimate of drug-likeness (QED) is 0.873. The highest BCUT2D eigenvalue weighted by Gasteiger charge is 2.08. The van der Waals surface area contributed by atoms with E-state index in [9.17, 15) is 5.11 Å². The van der Waals surface area contributed by atoms with E-state index in [1.54, 1.807) is 31.4 Å². The predicted molar refractivity (Wildman–Crippen MR) is 68.1 cm³/mol. The van der Waals surface area contributed by atoms with Crippen molar-refractivity contribution >= 4 is 0 Å². The molecule has 0 heterocycles. The summed E-state index contributed by atoms with van der Waals surface area (Å²) in [6.07, 6.45) is -1.35. The Morgan fingerprint density at radius 3 is 2.35 bits per heavy atom. The average Bonchev–Trinajstić information content (AvgIpc) is 2.39. The highest BCUT2D eigenvalue weighted by molar-refractivity contribution is 5.29. The predicted octanol–water partition coefficient (Wildman–Crippen LogP) is 2.97. The summed E-state index contributed by atoms with van der Waals surface area (Å²) in [5.74, 6) is 0.717. The molecule has 17 heavy (non-hydrogen) atoms. The van der Waals surface area contributed by atoms with Crippen LogP contribution in [0.2, 0.25) is 0 Å². The van der Waals surface area contributed by atoms with Crippen LogP contribution in [0.4, 0.5) is 0 Å². The van der Waals surface area contributed by atoms with Gasteiger partial charge < -0.3 is 9.84 Å². The molecule has 1 atom stereocenters. The Hall–Kier alpha value is -1.80. The van der Waals surface area contributed by atoms with Crippen LogP contribution in [0.25, 0.3) is 0 Å². The van der Waals surface area contributed by atoms with E-state index >= 15 is 0 Å². The lowest BCUT2D eigenvalue weighted by molar-refractivity contribution is 0.178. The number of benzene rings is 2. The summed E-state index contributed by atoms with van der Waals surface area (Å²) in [7, 11) is 1.59. The normalized spacial score (nSPS) is 14.8. The van der Waals surface area contributed by atoms with Gasteiger partial charge in [-0.25, -0.2) is 0 Å². The lowest BCUT2D eigenvalue weighted by Gasteiger charge is -2.11. The molecule has 0 saturated carbocycles. The topological polar surface area (TPSA) is 29.5 Å². The van der Waals surface area contributed by atoms with Crippen LogP contribution in [0.15, 0.2) is 54.6 Å². The van der Waals surface area contributed by atoms with Crippen molar-refractivity contribution in [2.24, 2.45) is 0 Å². The molecule has 1 N–H and O–H groups in total. The van der Waals surface area contributed by atoms with E-state index in [1.165, 1.54) is 0 Å². The second-order valence-electron chi connectivity index (χ2n) is 3.84. The summed E-state index contributed by atoms with van der Waals surface area (Å²) >= 11 is 0. The Labute approximate surface area is 103 Å². The van der Waals surface area contributed by atoms with Gasteiger partial charge in [-0.1, -0.05) is 42.5 Å². The van der Waals surface area contributed by atoms with Crippen molar-refractivity contribution in [2.75, 3.05) is 7.11 Å². The lowest BCUT2D eigenvalue weighted by Crippen LogP contribution is -2.01. The molecule has 0 saturated heterocycles. The minimum Gasteiger partial charge on any atom is -0.497 e. The van der Waals surface area contributed by atoms with E-state index in [-0.39, 0.29) is 6.42 Å². The molecule has 0 aromatic heterocycles. The Morgan fingerprint density at radius 1 is 1.12 bits per heavy atom. The van der Waals surface area contributed by atoms with Crippen molar-refractivity contribution in [3.8, 4) is 5.75 Å². The summed E-state index contributed by atoms with van der Waals surface area (Å²) in [5.41, 5.74) is 1.50. The molecule has 0 radical (unpaired) electrons. The third-order valence-electron chi connectivity index (χ3n) is 2.64. The van der Waals surface area contributed by atoms with Crippen LogP contribution >= 0.6 is 0 Å². The van der Waals surface area contributed by atoms with Crippen LogP contribution in [0.5, 0.6) is 5.75 Å². The SMILES string of the molecule is [2H]C(O)(Cc1ccccc1)c1ccc(OC)cc1. The summed E-state index contributed by atoms with van der Waals surface area (Å²) in [6, 6.07) is 16.5. The second-order valence-corrected chi connectivity index (χ2v) is 3.84. The molecule has 2 rings (SSSR count). The molecule has 0 aliphatic rings. The van der Waals surface area contributed by atoms with Crippen molar-refractivity contribution in [1.82, 2.24) is 0 Å². The third kappa shape index (κ3) is 3.08. The molecule has 88 valence electrons. The standard InChI is InChI=1S/C15H16O2/c1-17-14-9-7-13(8-10-14)15(16)11-12-5-3-2-4-6-12/h2-10,15-16H,11H2,1H3/i15D. The van der Waals surface area contributed by atoms with Gasteiger partial charge in [-0.3, -0.25) is 0 Å². The molecule has 0 fully saturated rings. The first kappa shape index (κ1) is 10.4. The molecule has 2 nitrogen and oxygen atoms in total. The van der Waals surface area contributed by atoms with E-state index in [1.807, 2.05) is 30.3 Å². The second kappa shape index (κ2) is 5.51. The van der Waals surface area contributed by atoms with Crippen molar-refractivity contribution < 1.29 is 11.2 Å². The van der Waals surface area contributed by atoms with E-state index in [0.29, 0.717) is 11.3 Å². The van der Waals surface area contributed by atoms with Gasteiger partial charge >= 0.3 is 0 Å². The first-order valence-electron chi connectivity index (χ1n) is 6.03. The molecule has 2 aromatic carbocycles. The maximum absolute atomic E-state index is 10.2. The summed E-state index contributed by atoms with van der Waals surface area (Å²) in [6.45, 7) is 0. The maximum Gasteiger partial charge on any atom is 0.118 e. The fourth-order valence-electron chi connectivity index (χ4n) is 1.67.